The molecule has 0 aromatic heterocycles. The Morgan fingerprint density at radius 2 is 0.872 bits per heavy atom. The van der Waals surface area contributed by atoms with E-state index in [-0.39, 0.29) is 12.5 Å². The molecule has 2 unspecified atom stereocenters. The number of nitrogens with one attached hydrogen (secondary N) is 1. The number of unbranched alkanes of at least 4 members (excludes halogenated alkanes) is 23. The summed E-state index contributed by atoms with van der Waals surface area (Å²) >= 11 is 0. The minimum absolute atomic E-state index is 0.0840. The van der Waals surface area contributed by atoms with Crippen molar-refractivity contribution in [3.05, 3.63) is 48.6 Å². The van der Waals surface area contributed by atoms with Gasteiger partial charge in [-0.1, -0.05) is 178 Å². The van der Waals surface area contributed by atoms with E-state index in [1.165, 1.54) is 135 Å². The molecule has 0 saturated heterocycles. The van der Waals surface area contributed by atoms with Crippen molar-refractivity contribution in [2.24, 2.45) is 0 Å². The fraction of sp³-hybridized carbons (Fsp3) is 0.791. The lowest BCUT2D eigenvalue weighted by Gasteiger charge is -2.19. The normalized spacial score (nSPS) is 13.5. The summed E-state index contributed by atoms with van der Waals surface area (Å²) in [7, 11) is 0. The van der Waals surface area contributed by atoms with Crippen LogP contribution < -0.4 is 5.32 Å². The first-order valence-corrected chi connectivity index (χ1v) is 20.4. The molecule has 0 aliphatic carbocycles. The molecule has 274 valence electrons. The van der Waals surface area contributed by atoms with Gasteiger partial charge in [0.25, 0.3) is 0 Å². The Morgan fingerprint density at radius 1 is 0.489 bits per heavy atom. The second-order valence-corrected chi connectivity index (χ2v) is 13.7. The van der Waals surface area contributed by atoms with Crippen LogP contribution in [0.15, 0.2) is 48.6 Å². The molecule has 4 nitrogen and oxygen atoms in total. The van der Waals surface area contributed by atoms with Crippen molar-refractivity contribution >= 4 is 5.91 Å². The SMILES string of the molecule is CCC/C=C/CC/C=C/CC/C=C/C(O)C(CO)NC(=O)CCCCCCCCCC/C=C\CCCCCCCCCCCCCC. The van der Waals surface area contributed by atoms with E-state index in [2.05, 4.69) is 55.6 Å². The molecule has 0 heterocycles. The number of hydrogen-bond donors (Lipinski definition) is 3. The minimum Gasteiger partial charge on any atom is -0.394 e. The summed E-state index contributed by atoms with van der Waals surface area (Å²) in [6.07, 6.45) is 52.2. The molecule has 0 aromatic carbocycles. The van der Waals surface area contributed by atoms with Gasteiger partial charge in [-0.3, -0.25) is 4.79 Å². The van der Waals surface area contributed by atoms with Gasteiger partial charge in [-0.2, -0.15) is 0 Å². The molecule has 0 radical (unpaired) electrons. The lowest BCUT2D eigenvalue weighted by Crippen LogP contribution is -2.45. The zero-order chi connectivity index (χ0) is 34.3. The number of hydrogen-bond acceptors (Lipinski definition) is 3. The first kappa shape index (κ1) is 45.3. The van der Waals surface area contributed by atoms with E-state index in [9.17, 15) is 15.0 Å². The van der Waals surface area contributed by atoms with Gasteiger partial charge in [0.2, 0.25) is 5.91 Å². The Kier molecular flexibility index (Phi) is 37.4. The molecule has 0 spiro atoms. The van der Waals surface area contributed by atoms with Crippen molar-refractivity contribution in [1.29, 1.82) is 0 Å². The lowest BCUT2D eigenvalue weighted by molar-refractivity contribution is -0.123. The van der Waals surface area contributed by atoms with Crippen LogP contribution in [-0.4, -0.2) is 34.9 Å². The van der Waals surface area contributed by atoms with Crippen molar-refractivity contribution in [3.63, 3.8) is 0 Å². The van der Waals surface area contributed by atoms with Crippen LogP contribution in [0.2, 0.25) is 0 Å². The van der Waals surface area contributed by atoms with Crippen molar-refractivity contribution in [2.75, 3.05) is 6.61 Å². The van der Waals surface area contributed by atoms with Crippen LogP contribution in [0, 0.1) is 0 Å². The third-order valence-corrected chi connectivity index (χ3v) is 8.99. The number of allylic oxidation sites excluding steroid dienone is 7. The van der Waals surface area contributed by atoms with E-state index in [1.807, 2.05) is 6.08 Å². The number of amides is 1. The maximum atomic E-state index is 12.3. The molecule has 0 aliphatic rings. The van der Waals surface area contributed by atoms with E-state index < -0.39 is 12.1 Å². The topological polar surface area (TPSA) is 69.6 Å². The maximum absolute atomic E-state index is 12.3. The summed E-state index contributed by atoms with van der Waals surface area (Å²) < 4.78 is 0. The summed E-state index contributed by atoms with van der Waals surface area (Å²) in [5.41, 5.74) is 0. The molecule has 0 saturated carbocycles. The second kappa shape index (κ2) is 38.8. The van der Waals surface area contributed by atoms with Crippen LogP contribution in [0.3, 0.4) is 0 Å². The van der Waals surface area contributed by atoms with Crippen molar-refractivity contribution in [3.8, 4) is 0 Å². The summed E-state index contributed by atoms with van der Waals surface area (Å²) in [4.78, 5) is 12.3. The third-order valence-electron chi connectivity index (χ3n) is 8.99. The highest BCUT2D eigenvalue weighted by Gasteiger charge is 2.17. The lowest BCUT2D eigenvalue weighted by atomic mass is 10.0. The highest BCUT2D eigenvalue weighted by molar-refractivity contribution is 5.76. The molecule has 2 atom stereocenters. The van der Waals surface area contributed by atoms with Gasteiger partial charge >= 0.3 is 0 Å². The fourth-order valence-corrected chi connectivity index (χ4v) is 5.86. The van der Waals surface area contributed by atoms with Gasteiger partial charge < -0.3 is 15.5 Å². The van der Waals surface area contributed by atoms with Gasteiger partial charge in [0.15, 0.2) is 0 Å². The summed E-state index contributed by atoms with van der Waals surface area (Å²) in [6.45, 7) is 4.21. The van der Waals surface area contributed by atoms with Gasteiger partial charge in [-0.05, 0) is 64.2 Å². The van der Waals surface area contributed by atoms with E-state index in [0.717, 1.165) is 44.9 Å². The molecule has 4 heteroatoms. The summed E-state index contributed by atoms with van der Waals surface area (Å²) in [6, 6.07) is -0.645. The van der Waals surface area contributed by atoms with E-state index >= 15 is 0 Å². The van der Waals surface area contributed by atoms with Crippen LogP contribution in [-0.2, 0) is 4.79 Å². The molecule has 0 fully saturated rings. The predicted molar refractivity (Wildman–Crippen MR) is 207 cm³/mol. The van der Waals surface area contributed by atoms with Gasteiger partial charge in [-0.15, -0.1) is 0 Å². The number of carbonyl (C=O) groups is 1. The summed E-state index contributed by atoms with van der Waals surface area (Å²) in [5.74, 6) is -0.0840. The van der Waals surface area contributed by atoms with Crippen LogP contribution in [0.5, 0.6) is 0 Å². The highest BCUT2D eigenvalue weighted by Crippen LogP contribution is 2.14. The third kappa shape index (κ3) is 35.5. The zero-order valence-electron chi connectivity index (χ0n) is 31.3. The smallest absolute Gasteiger partial charge is 0.220 e. The number of aliphatic hydroxyl groups is 2. The quantitative estimate of drug-likeness (QED) is 0.0464. The first-order valence-electron chi connectivity index (χ1n) is 20.4. The monoisotopic (exact) mass is 658 g/mol. The highest BCUT2D eigenvalue weighted by atomic mass is 16.3. The molecule has 0 bridgehead atoms. The zero-order valence-corrected chi connectivity index (χ0v) is 31.3. The van der Waals surface area contributed by atoms with Gasteiger partial charge in [-0.25, -0.2) is 0 Å². The van der Waals surface area contributed by atoms with Gasteiger partial charge in [0.05, 0.1) is 18.8 Å². The average molecular weight is 658 g/mol. The van der Waals surface area contributed by atoms with Gasteiger partial charge in [0.1, 0.15) is 0 Å². The predicted octanol–water partition coefficient (Wildman–Crippen LogP) is 12.4. The Balaban J connectivity index is 3.57. The molecule has 47 heavy (non-hydrogen) atoms. The van der Waals surface area contributed by atoms with Crippen LogP contribution in [0.1, 0.15) is 200 Å². The molecular weight excluding hydrogens is 578 g/mol. The number of carbonyl (C=O) groups excluding carboxylic acids is 1. The average Bonchev–Trinajstić information content (AvgIpc) is 3.07. The van der Waals surface area contributed by atoms with E-state index in [4.69, 9.17) is 0 Å². The Labute approximate surface area is 293 Å². The minimum atomic E-state index is -0.869. The second-order valence-electron chi connectivity index (χ2n) is 13.7. The Hall–Kier alpha value is -1.65. The molecule has 0 rings (SSSR count). The van der Waals surface area contributed by atoms with Crippen LogP contribution in [0.25, 0.3) is 0 Å². The van der Waals surface area contributed by atoms with E-state index in [1.54, 1.807) is 6.08 Å². The largest absolute Gasteiger partial charge is 0.394 e. The molecule has 0 aromatic rings. The standard InChI is InChI=1S/C43H79NO3/c1-3-5-7-9-11-13-15-16-17-18-19-20-21-22-23-24-25-26-27-29-31-33-35-37-39-43(47)44-41(40-45)42(46)38-36-34-32-30-28-14-12-10-8-6-4-2/h8,10,22-23,28,30,36,38,41-42,45-46H,3-7,9,11-21,24-27,29,31-35,37,39-40H2,1-2H3,(H,44,47)/b10-8+,23-22-,30-28+,38-36+. The van der Waals surface area contributed by atoms with E-state index in [0.29, 0.717) is 6.42 Å². The van der Waals surface area contributed by atoms with Crippen molar-refractivity contribution in [2.45, 2.75) is 212 Å². The van der Waals surface area contributed by atoms with Crippen molar-refractivity contribution in [1.82, 2.24) is 5.32 Å². The van der Waals surface area contributed by atoms with Crippen LogP contribution >= 0.6 is 0 Å². The van der Waals surface area contributed by atoms with Crippen LogP contribution in [0.4, 0.5) is 0 Å². The molecular formula is C43H79NO3. The Bertz CT molecular complexity index is 756. The number of aliphatic hydroxyl groups excluding tert-OH is 2. The number of rotatable bonds is 36. The first-order chi connectivity index (χ1) is 23.2. The molecule has 3 N–H and O–H groups in total. The molecule has 0 aliphatic heterocycles. The Morgan fingerprint density at radius 3 is 1.32 bits per heavy atom. The van der Waals surface area contributed by atoms with Gasteiger partial charge in [0, 0.05) is 6.42 Å². The summed E-state index contributed by atoms with van der Waals surface area (Å²) in [5, 5.41) is 22.8. The van der Waals surface area contributed by atoms with Crippen molar-refractivity contribution < 1.29 is 15.0 Å². The fourth-order valence-electron chi connectivity index (χ4n) is 5.86. The maximum Gasteiger partial charge on any atom is 0.220 e. The molecule has 1 amide bonds.